The van der Waals surface area contributed by atoms with Crippen molar-refractivity contribution < 1.29 is 18.5 Å². The molecule has 0 bridgehead atoms. The van der Waals surface area contributed by atoms with Crippen molar-refractivity contribution in [2.75, 3.05) is 13.1 Å². The second-order valence-corrected chi connectivity index (χ2v) is 5.37. The van der Waals surface area contributed by atoms with Crippen LogP contribution in [0.25, 0.3) is 0 Å². The average molecular weight is 298 g/mol. The van der Waals surface area contributed by atoms with E-state index in [9.17, 15) is 23.7 Å². The third-order valence-corrected chi connectivity index (χ3v) is 3.77. The maximum absolute atomic E-state index is 13.9. The fourth-order valence-corrected chi connectivity index (χ4v) is 2.48. The number of rotatable bonds is 2. The summed E-state index contributed by atoms with van der Waals surface area (Å²) < 4.78 is 27.4. The number of carbonyl (C=O) groups excluding carboxylic acids is 1. The smallest absolute Gasteiger partial charge is 0.307 e. The third kappa shape index (κ3) is 3.34. The predicted octanol–water partition coefficient (Wildman–Crippen LogP) is 3.14. The largest absolute Gasteiger partial charge is 0.339 e. The van der Waals surface area contributed by atoms with Gasteiger partial charge >= 0.3 is 5.69 Å². The number of carbonyl (C=O) groups is 1. The summed E-state index contributed by atoms with van der Waals surface area (Å²) >= 11 is 0. The molecule has 1 aromatic carbocycles. The van der Waals surface area contributed by atoms with Gasteiger partial charge in [0, 0.05) is 13.1 Å². The zero-order chi connectivity index (χ0) is 15.6. The second kappa shape index (κ2) is 6.15. The molecule has 1 atom stereocenters. The molecule has 1 aliphatic heterocycles. The molecule has 0 N–H and O–H groups in total. The van der Waals surface area contributed by atoms with Crippen LogP contribution in [0, 0.1) is 27.7 Å². The first-order chi connectivity index (χ1) is 9.90. The van der Waals surface area contributed by atoms with Crippen LogP contribution in [0.15, 0.2) is 12.1 Å². The Morgan fingerprint density at radius 2 is 2.00 bits per heavy atom. The molecular formula is C14H16F2N2O3. The fraction of sp³-hybridized carbons (Fsp3) is 0.500. The van der Waals surface area contributed by atoms with Crippen LogP contribution in [0.1, 0.15) is 36.5 Å². The summed E-state index contributed by atoms with van der Waals surface area (Å²) in [5.74, 6) is -2.39. The van der Waals surface area contributed by atoms with E-state index in [1.807, 2.05) is 0 Å². The Morgan fingerprint density at radius 1 is 1.29 bits per heavy atom. The molecule has 1 saturated heterocycles. The maximum Gasteiger partial charge on any atom is 0.307 e. The lowest BCUT2D eigenvalue weighted by molar-refractivity contribution is -0.387. The Kier molecular flexibility index (Phi) is 4.50. The minimum Gasteiger partial charge on any atom is -0.339 e. The highest BCUT2D eigenvalue weighted by atomic mass is 19.1. The molecule has 2 rings (SSSR count). The molecule has 0 saturated carbocycles. The van der Waals surface area contributed by atoms with Gasteiger partial charge in [-0.15, -0.1) is 0 Å². The van der Waals surface area contributed by atoms with Gasteiger partial charge in [0.25, 0.3) is 5.91 Å². The molecule has 0 aromatic heterocycles. The first kappa shape index (κ1) is 15.3. The van der Waals surface area contributed by atoms with Crippen LogP contribution in [-0.2, 0) is 0 Å². The fourth-order valence-electron chi connectivity index (χ4n) is 2.48. The van der Waals surface area contributed by atoms with Gasteiger partial charge in [0.1, 0.15) is 5.82 Å². The Labute approximate surface area is 120 Å². The highest BCUT2D eigenvalue weighted by Crippen LogP contribution is 2.24. The highest BCUT2D eigenvalue weighted by molar-refractivity contribution is 5.94. The van der Waals surface area contributed by atoms with E-state index in [0.717, 1.165) is 19.3 Å². The predicted molar refractivity (Wildman–Crippen MR) is 71.9 cm³/mol. The van der Waals surface area contributed by atoms with E-state index in [1.54, 1.807) is 0 Å². The topological polar surface area (TPSA) is 63.5 Å². The molecule has 1 unspecified atom stereocenters. The average Bonchev–Trinajstić information content (AvgIpc) is 2.64. The van der Waals surface area contributed by atoms with Gasteiger partial charge in [0.05, 0.1) is 16.6 Å². The van der Waals surface area contributed by atoms with Crippen LogP contribution in [0.3, 0.4) is 0 Å². The molecule has 1 amide bonds. The van der Waals surface area contributed by atoms with Crippen molar-refractivity contribution in [3.63, 3.8) is 0 Å². The molecule has 0 radical (unpaired) electrons. The zero-order valence-electron chi connectivity index (χ0n) is 11.6. The number of hydrogen-bond donors (Lipinski definition) is 0. The lowest BCUT2D eigenvalue weighted by Crippen LogP contribution is -2.32. The summed E-state index contributed by atoms with van der Waals surface area (Å²) in [6, 6.07) is 1.08. The lowest BCUT2D eigenvalue weighted by Gasteiger charge is -2.20. The standard InChI is InChI=1S/C14H16F2N2O3/c1-9-3-2-5-17(6-4-9)14(19)10-7-12(16)13(18(20)21)8-11(10)15/h7-9H,2-6H2,1H3. The van der Waals surface area contributed by atoms with Crippen molar-refractivity contribution >= 4 is 11.6 Å². The summed E-state index contributed by atoms with van der Waals surface area (Å²) in [5, 5.41) is 10.5. The number of benzene rings is 1. The first-order valence-corrected chi connectivity index (χ1v) is 6.83. The van der Waals surface area contributed by atoms with Crippen molar-refractivity contribution in [2.45, 2.75) is 26.2 Å². The minimum absolute atomic E-state index is 0.451. The van der Waals surface area contributed by atoms with Crippen LogP contribution in [0.4, 0.5) is 14.5 Å². The molecule has 5 nitrogen and oxygen atoms in total. The molecule has 21 heavy (non-hydrogen) atoms. The third-order valence-electron chi connectivity index (χ3n) is 3.77. The summed E-state index contributed by atoms with van der Waals surface area (Å²) in [6.07, 6.45) is 2.60. The highest BCUT2D eigenvalue weighted by Gasteiger charge is 2.26. The molecule has 7 heteroatoms. The maximum atomic E-state index is 13.9. The molecular weight excluding hydrogens is 282 g/mol. The van der Waals surface area contributed by atoms with Gasteiger partial charge in [-0.3, -0.25) is 14.9 Å². The van der Waals surface area contributed by atoms with Gasteiger partial charge in [-0.05, 0) is 31.2 Å². The van der Waals surface area contributed by atoms with E-state index >= 15 is 0 Å². The molecule has 0 spiro atoms. The van der Waals surface area contributed by atoms with Crippen LogP contribution in [-0.4, -0.2) is 28.8 Å². The van der Waals surface area contributed by atoms with Crippen LogP contribution in [0.5, 0.6) is 0 Å². The van der Waals surface area contributed by atoms with Crippen molar-refractivity contribution in [3.05, 3.63) is 39.4 Å². The molecule has 1 aliphatic rings. The van der Waals surface area contributed by atoms with E-state index in [-0.39, 0.29) is 0 Å². The Hall–Kier alpha value is -2.05. The molecule has 1 heterocycles. The number of amides is 1. The van der Waals surface area contributed by atoms with Gasteiger partial charge in [0.2, 0.25) is 5.82 Å². The SMILES string of the molecule is CC1CCCN(C(=O)c2cc(F)c([N+](=O)[O-])cc2F)CC1. The van der Waals surface area contributed by atoms with Crippen molar-refractivity contribution in [1.29, 1.82) is 0 Å². The summed E-state index contributed by atoms with van der Waals surface area (Å²) in [6.45, 7) is 3.05. The number of nitro benzene ring substituents is 1. The summed E-state index contributed by atoms with van der Waals surface area (Å²) in [4.78, 5) is 23.3. The number of hydrogen-bond acceptors (Lipinski definition) is 3. The normalized spacial score (nSPS) is 19.2. The minimum atomic E-state index is -1.20. The van der Waals surface area contributed by atoms with Crippen molar-refractivity contribution in [3.8, 4) is 0 Å². The van der Waals surface area contributed by atoms with Crippen molar-refractivity contribution in [2.24, 2.45) is 5.92 Å². The molecule has 1 aromatic rings. The van der Waals surface area contributed by atoms with Crippen LogP contribution >= 0.6 is 0 Å². The van der Waals surface area contributed by atoms with E-state index in [2.05, 4.69) is 6.92 Å². The quantitative estimate of drug-likeness (QED) is 0.622. The lowest BCUT2D eigenvalue weighted by atomic mass is 10.0. The zero-order valence-corrected chi connectivity index (χ0v) is 11.6. The van der Waals surface area contributed by atoms with Crippen LogP contribution < -0.4 is 0 Å². The Morgan fingerprint density at radius 3 is 2.67 bits per heavy atom. The van der Waals surface area contributed by atoms with E-state index in [4.69, 9.17) is 0 Å². The Balaban J connectivity index is 2.27. The number of halogens is 2. The van der Waals surface area contributed by atoms with Gasteiger partial charge in [0.15, 0.2) is 0 Å². The monoisotopic (exact) mass is 298 g/mol. The number of likely N-dealkylation sites (tertiary alicyclic amines) is 1. The summed E-state index contributed by atoms with van der Waals surface area (Å²) in [5.41, 5.74) is -1.42. The first-order valence-electron chi connectivity index (χ1n) is 6.83. The van der Waals surface area contributed by atoms with E-state index in [1.165, 1.54) is 4.90 Å². The van der Waals surface area contributed by atoms with Gasteiger partial charge < -0.3 is 4.90 Å². The molecule has 114 valence electrons. The van der Waals surface area contributed by atoms with E-state index < -0.39 is 33.7 Å². The molecule has 0 aliphatic carbocycles. The van der Waals surface area contributed by atoms with Gasteiger partial charge in [-0.1, -0.05) is 6.92 Å². The van der Waals surface area contributed by atoms with Crippen molar-refractivity contribution in [1.82, 2.24) is 4.90 Å². The van der Waals surface area contributed by atoms with Crippen LogP contribution in [0.2, 0.25) is 0 Å². The molecule has 1 fully saturated rings. The second-order valence-electron chi connectivity index (χ2n) is 5.37. The number of nitro groups is 1. The van der Waals surface area contributed by atoms with Gasteiger partial charge in [-0.25, -0.2) is 4.39 Å². The van der Waals surface area contributed by atoms with E-state index in [0.29, 0.717) is 31.1 Å². The van der Waals surface area contributed by atoms with Gasteiger partial charge in [-0.2, -0.15) is 4.39 Å². The Bertz CT molecular complexity index is 578. The summed E-state index contributed by atoms with van der Waals surface area (Å²) in [7, 11) is 0. The number of nitrogens with zero attached hydrogens (tertiary/aromatic N) is 2.